The molecule has 1 aromatic heterocycles. The maximum atomic E-state index is 6.34. The SMILES string of the molecule is c1ccc(-c2ccc3ccc(-c4ccccc4)c(Nc4cccc5c4oc4ccccc45)c3c2)cc1. The second kappa shape index (κ2) is 8.44. The number of anilines is 2. The Morgan fingerprint density at radius 2 is 1.17 bits per heavy atom. The van der Waals surface area contributed by atoms with Crippen LogP contribution in [0.3, 0.4) is 0 Å². The van der Waals surface area contributed by atoms with E-state index in [0.29, 0.717) is 0 Å². The van der Waals surface area contributed by atoms with Crippen molar-refractivity contribution < 1.29 is 4.42 Å². The summed E-state index contributed by atoms with van der Waals surface area (Å²) in [5, 5.41) is 8.40. The summed E-state index contributed by atoms with van der Waals surface area (Å²) in [6.45, 7) is 0. The number of hydrogen-bond donors (Lipinski definition) is 1. The van der Waals surface area contributed by atoms with E-state index in [-0.39, 0.29) is 0 Å². The lowest BCUT2D eigenvalue weighted by Crippen LogP contribution is -1.96. The number of para-hydroxylation sites is 2. The molecule has 0 saturated heterocycles. The second-order valence-electron chi connectivity index (χ2n) is 9.06. The third-order valence-corrected chi connectivity index (χ3v) is 6.88. The van der Waals surface area contributed by atoms with Gasteiger partial charge < -0.3 is 9.73 Å². The molecule has 0 radical (unpaired) electrons. The van der Waals surface area contributed by atoms with Crippen molar-refractivity contribution in [2.45, 2.75) is 0 Å². The van der Waals surface area contributed by atoms with Gasteiger partial charge in [-0.25, -0.2) is 0 Å². The molecule has 0 saturated carbocycles. The van der Waals surface area contributed by atoms with Gasteiger partial charge in [-0.3, -0.25) is 0 Å². The predicted octanol–water partition coefficient (Wildman–Crippen LogP) is 9.82. The van der Waals surface area contributed by atoms with E-state index in [9.17, 15) is 0 Å². The van der Waals surface area contributed by atoms with E-state index in [1.54, 1.807) is 0 Å². The first-order valence-electron chi connectivity index (χ1n) is 12.2. The van der Waals surface area contributed by atoms with Gasteiger partial charge in [0.2, 0.25) is 0 Å². The Kier molecular flexibility index (Phi) is 4.82. The zero-order chi connectivity index (χ0) is 23.9. The van der Waals surface area contributed by atoms with Crippen molar-refractivity contribution >= 4 is 44.1 Å². The summed E-state index contributed by atoms with van der Waals surface area (Å²) < 4.78 is 6.34. The molecule has 0 aliphatic rings. The highest BCUT2D eigenvalue weighted by Gasteiger charge is 2.15. The van der Waals surface area contributed by atoms with Crippen LogP contribution in [-0.4, -0.2) is 0 Å². The van der Waals surface area contributed by atoms with Gasteiger partial charge in [-0.1, -0.05) is 115 Å². The second-order valence-corrected chi connectivity index (χ2v) is 9.06. The van der Waals surface area contributed by atoms with E-state index in [0.717, 1.165) is 38.9 Å². The molecule has 2 nitrogen and oxygen atoms in total. The van der Waals surface area contributed by atoms with Gasteiger partial charge in [0.25, 0.3) is 0 Å². The standard InChI is InChI=1S/C34H23NO/c1-3-10-23(11-4-1)26-19-18-25-20-21-27(24-12-5-2-6-13-24)33(30(25)22-26)35-31-16-9-15-29-28-14-7-8-17-32(28)36-34(29)31/h1-22,35H. The fourth-order valence-corrected chi connectivity index (χ4v) is 5.10. The summed E-state index contributed by atoms with van der Waals surface area (Å²) in [4.78, 5) is 0. The lowest BCUT2D eigenvalue weighted by molar-refractivity contribution is 0.670. The first-order chi connectivity index (χ1) is 17.8. The predicted molar refractivity (Wildman–Crippen MR) is 152 cm³/mol. The maximum absolute atomic E-state index is 6.34. The van der Waals surface area contributed by atoms with Crippen molar-refractivity contribution in [1.29, 1.82) is 0 Å². The average molecular weight is 462 g/mol. The summed E-state index contributed by atoms with van der Waals surface area (Å²) in [6.07, 6.45) is 0. The molecule has 7 aromatic rings. The van der Waals surface area contributed by atoms with Gasteiger partial charge in [-0.05, 0) is 40.3 Å². The monoisotopic (exact) mass is 461 g/mol. The highest BCUT2D eigenvalue weighted by molar-refractivity contribution is 6.11. The first-order valence-corrected chi connectivity index (χ1v) is 12.2. The van der Waals surface area contributed by atoms with E-state index >= 15 is 0 Å². The Balaban J connectivity index is 1.48. The highest BCUT2D eigenvalue weighted by atomic mass is 16.3. The Morgan fingerprint density at radius 1 is 0.472 bits per heavy atom. The molecule has 36 heavy (non-hydrogen) atoms. The molecule has 0 fully saturated rings. The Hall–Kier alpha value is -4.82. The molecule has 0 spiro atoms. The van der Waals surface area contributed by atoms with E-state index in [2.05, 4.69) is 127 Å². The number of furan rings is 1. The van der Waals surface area contributed by atoms with Crippen LogP contribution in [0.2, 0.25) is 0 Å². The van der Waals surface area contributed by atoms with Gasteiger partial charge in [-0.15, -0.1) is 0 Å². The minimum atomic E-state index is 0.869. The van der Waals surface area contributed by atoms with E-state index in [1.165, 1.54) is 27.5 Å². The fraction of sp³-hybridized carbons (Fsp3) is 0. The van der Waals surface area contributed by atoms with Gasteiger partial charge in [0, 0.05) is 21.7 Å². The molecular weight excluding hydrogens is 438 g/mol. The van der Waals surface area contributed by atoms with Crippen LogP contribution in [0.15, 0.2) is 138 Å². The van der Waals surface area contributed by atoms with Crippen LogP contribution in [-0.2, 0) is 0 Å². The van der Waals surface area contributed by atoms with Crippen molar-refractivity contribution in [3.05, 3.63) is 133 Å². The molecule has 0 amide bonds. The normalized spacial score (nSPS) is 11.3. The lowest BCUT2D eigenvalue weighted by atomic mass is 9.95. The summed E-state index contributed by atoms with van der Waals surface area (Å²) >= 11 is 0. The Labute approximate surface area is 209 Å². The Morgan fingerprint density at radius 3 is 2.00 bits per heavy atom. The molecule has 1 N–H and O–H groups in total. The van der Waals surface area contributed by atoms with Crippen molar-refractivity contribution in [3.63, 3.8) is 0 Å². The van der Waals surface area contributed by atoms with Crippen molar-refractivity contribution in [2.24, 2.45) is 0 Å². The molecule has 0 bridgehead atoms. The van der Waals surface area contributed by atoms with Gasteiger partial charge in [-0.2, -0.15) is 0 Å². The Bertz CT molecular complexity index is 1840. The molecule has 7 rings (SSSR count). The van der Waals surface area contributed by atoms with E-state index in [4.69, 9.17) is 4.42 Å². The zero-order valence-electron chi connectivity index (χ0n) is 19.6. The molecule has 0 aliphatic carbocycles. The smallest absolute Gasteiger partial charge is 0.158 e. The summed E-state index contributed by atoms with van der Waals surface area (Å²) in [7, 11) is 0. The summed E-state index contributed by atoms with van der Waals surface area (Å²) in [5.74, 6) is 0. The van der Waals surface area contributed by atoms with Crippen LogP contribution >= 0.6 is 0 Å². The molecular formula is C34H23NO. The van der Waals surface area contributed by atoms with Crippen molar-refractivity contribution in [1.82, 2.24) is 0 Å². The minimum absolute atomic E-state index is 0.869. The van der Waals surface area contributed by atoms with Crippen LogP contribution < -0.4 is 5.32 Å². The molecule has 2 heteroatoms. The molecule has 0 unspecified atom stereocenters. The van der Waals surface area contributed by atoms with Crippen LogP contribution in [0.1, 0.15) is 0 Å². The van der Waals surface area contributed by atoms with Crippen LogP contribution in [0, 0.1) is 0 Å². The third-order valence-electron chi connectivity index (χ3n) is 6.88. The van der Waals surface area contributed by atoms with Gasteiger partial charge in [0.15, 0.2) is 5.58 Å². The molecule has 6 aromatic carbocycles. The number of nitrogens with one attached hydrogen (secondary N) is 1. The minimum Gasteiger partial charge on any atom is -0.454 e. The number of benzene rings is 6. The van der Waals surface area contributed by atoms with Gasteiger partial charge in [0.1, 0.15) is 5.58 Å². The third kappa shape index (κ3) is 3.43. The fourth-order valence-electron chi connectivity index (χ4n) is 5.10. The summed E-state index contributed by atoms with van der Waals surface area (Å²) in [6, 6.07) is 46.7. The number of fused-ring (bicyclic) bond motifs is 4. The topological polar surface area (TPSA) is 25.2 Å². The average Bonchev–Trinajstić information content (AvgIpc) is 3.34. The molecule has 170 valence electrons. The van der Waals surface area contributed by atoms with Crippen molar-refractivity contribution in [2.75, 3.05) is 5.32 Å². The molecule has 1 heterocycles. The zero-order valence-corrected chi connectivity index (χ0v) is 19.6. The highest BCUT2D eigenvalue weighted by Crippen LogP contribution is 2.41. The van der Waals surface area contributed by atoms with Crippen LogP contribution in [0.25, 0.3) is 55.0 Å². The number of rotatable bonds is 4. The summed E-state index contributed by atoms with van der Waals surface area (Å²) in [5.41, 5.74) is 8.52. The van der Waals surface area contributed by atoms with Crippen LogP contribution in [0.5, 0.6) is 0 Å². The van der Waals surface area contributed by atoms with Gasteiger partial charge in [0.05, 0.1) is 11.4 Å². The molecule has 0 atom stereocenters. The molecule has 0 aliphatic heterocycles. The van der Waals surface area contributed by atoms with E-state index in [1.807, 2.05) is 12.1 Å². The quantitative estimate of drug-likeness (QED) is 0.282. The van der Waals surface area contributed by atoms with Gasteiger partial charge >= 0.3 is 0 Å². The number of hydrogen-bond acceptors (Lipinski definition) is 2. The maximum Gasteiger partial charge on any atom is 0.158 e. The first kappa shape index (κ1) is 20.5. The van der Waals surface area contributed by atoms with E-state index < -0.39 is 0 Å². The van der Waals surface area contributed by atoms with Crippen LogP contribution in [0.4, 0.5) is 11.4 Å². The largest absolute Gasteiger partial charge is 0.454 e. The lowest BCUT2D eigenvalue weighted by Gasteiger charge is -2.17. The van der Waals surface area contributed by atoms with Crippen molar-refractivity contribution in [3.8, 4) is 22.3 Å².